The third-order valence-electron chi connectivity index (χ3n) is 3.60. The molecule has 0 radical (unpaired) electrons. The first kappa shape index (κ1) is 13.8. The smallest absolute Gasteiger partial charge is 0.182 e. The fraction of sp³-hybridized carbons (Fsp3) is 0.167. The predicted octanol–water partition coefficient (Wildman–Crippen LogP) is 4.78. The zero-order valence-electron chi connectivity index (χ0n) is 11.9. The van der Waals surface area contributed by atoms with Crippen LogP contribution >= 0.6 is 11.3 Å². The number of hydrogen-bond donors (Lipinski definition) is 1. The predicted molar refractivity (Wildman–Crippen MR) is 89.9 cm³/mol. The highest BCUT2D eigenvalue weighted by molar-refractivity contribution is 7.13. The van der Waals surface area contributed by atoms with Crippen LogP contribution in [0.5, 0.6) is 0 Å². The lowest BCUT2D eigenvalue weighted by Gasteiger charge is -2.26. The second-order valence-electron chi connectivity index (χ2n) is 5.07. The molecule has 106 valence electrons. The molecule has 3 heteroatoms. The van der Waals surface area contributed by atoms with Crippen molar-refractivity contribution < 1.29 is 0 Å². The van der Waals surface area contributed by atoms with Crippen LogP contribution in [0.25, 0.3) is 0 Å². The molecular formula is C18H18N2S. The summed E-state index contributed by atoms with van der Waals surface area (Å²) in [7, 11) is 0. The van der Waals surface area contributed by atoms with Crippen molar-refractivity contribution in [1.29, 1.82) is 0 Å². The van der Waals surface area contributed by atoms with E-state index in [1.807, 2.05) is 11.6 Å². The highest BCUT2D eigenvalue weighted by atomic mass is 32.1. The number of aromatic nitrogens is 1. The van der Waals surface area contributed by atoms with Crippen molar-refractivity contribution >= 4 is 16.5 Å². The van der Waals surface area contributed by atoms with Crippen LogP contribution in [0.1, 0.15) is 24.0 Å². The quantitative estimate of drug-likeness (QED) is 0.733. The van der Waals surface area contributed by atoms with E-state index in [2.05, 4.69) is 77.9 Å². The lowest BCUT2D eigenvalue weighted by molar-refractivity contribution is 0.684. The van der Waals surface area contributed by atoms with E-state index in [9.17, 15) is 0 Å². The van der Waals surface area contributed by atoms with Crippen LogP contribution in [0.3, 0.4) is 0 Å². The molecule has 1 aromatic heterocycles. The van der Waals surface area contributed by atoms with Gasteiger partial charge in [-0.15, -0.1) is 11.3 Å². The lowest BCUT2D eigenvalue weighted by atomic mass is 9.86. The Labute approximate surface area is 129 Å². The number of nitrogens with one attached hydrogen (secondary N) is 1. The summed E-state index contributed by atoms with van der Waals surface area (Å²) in [5.41, 5.74) is 2.64. The molecule has 0 aliphatic carbocycles. The van der Waals surface area contributed by atoms with Crippen molar-refractivity contribution in [1.82, 2.24) is 4.98 Å². The SMILES string of the molecule is CC(Nc1nccs1)C(c1ccccc1)c1ccccc1. The summed E-state index contributed by atoms with van der Waals surface area (Å²) in [6, 6.07) is 21.5. The van der Waals surface area contributed by atoms with Crippen LogP contribution in [0.4, 0.5) is 5.13 Å². The van der Waals surface area contributed by atoms with Crippen molar-refractivity contribution in [2.75, 3.05) is 5.32 Å². The van der Waals surface area contributed by atoms with Gasteiger partial charge in [-0.2, -0.15) is 0 Å². The summed E-state index contributed by atoms with van der Waals surface area (Å²) in [6.07, 6.45) is 1.83. The highest BCUT2D eigenvalue weighted by Crippen LogP contribution is 2.30. The van der Waals surface area contributed by atoms with Crippen LogP contribution in [-0.4, -0.2) is 11.0 Å². The maximum atomic E-state index is 4.33. The summed E-state index contributed by atoms with van der Waals surface area (Å²) in [6.45, 7) is 2.21. The lowest BCUT2D eigenvalue weighted by Crippen LogP contribution is -2.25. The minimum atomic E-state index is 0.265. The average Bonchev–Trinajstić information content (AvgIpc) is 3.02. The summed E-state index contributed by atoms with van der Waals surface area (Å²) in [4.78, 5) is 4.33. The monoisotopic (exact) mass is 294 g/mol. The van der Waals surface area contributed by atoms with Gasteiger partial charge in [0.15, 0.2) is 5.13 Å². The third-order valence-corrected chi connectivity index (χ3v) is 4.31. The number of hydrogen-bond acceptors (Lipinski definition) is 3. The van der Waals surface area contributed by atoms with Crippen LogP contribution < -0.4 is 5.32 Å². The van der Waals surface area contributed by atoms with Gasteiger partial charge in [-0.05, 0) is 18.1 Å². The van der Waals surface area contributed by atoms with Gasteiger partial charge >= 0.3 is 0 Å². The average molecular weight is 294 g/mol. The number of rotatable bonds is 5. The first-order chi connectivity index (χ1) is 10.3. The second kappa shape index (κ2) is 6.55. The standard InChI is InChI=1S/C18H18N2S/c1-14(20-18-19-12-13-21-18)17(15-8-4-2-5-9-15)16-10-6-3-7-11-16/h2-14,17H,1H3,(H,19,20). The van der Waals surface area contributed by atoms with E-state index in [1.165, 1.54) is 11.1 Å². The largest absolute Gasteiger partial charge is 0.358 e. The van der Waals surface area contributed by atoms with Gasteiger partial charge < -0.3 is 5.32 Å². The molecule has 1 heterocycles. The van der Waals surface area contributed by atoms with Crippen molar-refractivity contribution in [3.05, 3.63) is 83.4 Å². The molecule has 21 heavy (non-hydrogen) atoms. The van der Waals surface area contributed by atoms with Crippen LogP contribution in [0, 0.1) is 0 Å². The maximum absolute atomic E-state index is 4.33. The summed E-state index contributed by atoms with van der Waals surface area (Å²) in [5.74, 6) is 0.302. The fourth-order valence-corrected chi connectivity index (χ4v) is 3.29. The van der Waals surface area contributed by atoms with Crippen molar-refractivity contribution in [3.63, 3.8) is 0 Å². The molecular weight excluding hydrogens is 276 g/mol. The Balaban J connectivity index is 1.92. The van der Waals surface area contributed by atoms with Crippen LogP contribution in [0.2, 0.25) is 0 Å². The maximum Gasteiger partial charge on any atom is 0.182 e. The summed E-state index contributed by atoms with van der Waals surface area (Å²) >= 11 is 1.64. The van der Waals surface area contributed by atoms with E-state index in [0.29, 0.717) is 5.92 Å². The molecule has 0 saturated carbocycles. The number of thiazole rings is 1. The van der Waals surface area contributed by atoms with E-state index in [1.54, 1.807) is 11.3 Å². The first-order valence-electron chi connectivity index (χ1n) is 7.10. The number of benzene rings is 2. The Morgan fingerprint density at radius 1 is 0.905 bits per heavy atom. The number of anilines is 1. The van der Waals surface area contributed by atoms with E-state index in [-0.39, 0.29) is 6.04 Å². The van der Waals surface area contributed by atoms with E-state index in [0.717, 1.165) is 5.13 Å². The van der Waals surface area contributed by atoms with E-state index < -0.39 is 0 Å². The van der Waals surface area contributed by atoms with Crippen LogP contribution in [0.15, 0.2) is 72.2 Å². The van der Waals surface area contributed by atoms with Crippen molar-refractivity contribution in [2.24, 2.45) is 0 Å². The van der Waals surface area contributed by atoms with Gasteiger partial charge in [0.25, 0.3) is 0 Å². The Bertz CT molecular complexity index is 611. The Morgan fingerprint density at radius 2 is 1.48 bits per heavy atom. The second-order valence-corrected chi connectivity index (χ2v) is 5.96. The van der Waals surface area contributed by atoms with Crippen molar-refractivity contribution in [2.45, 2.75) is 18.9 Å². The zero-order chi connectivity index (χ0) is 14.5. The normalized spacial score (nSPS) is 12.3. The molecule has 0 spiro atoms. The summed E-state index contributed by atoms with van der Waals surface area (Å²) in [5, 5.41) is 6.49. The summed E-state index contributed by atoms with van der Waals surface area (Å²) < 4.78 is 0. The Morgan fingerprint density at radius 3 is 1.95 bits per heavy atom. The molecule has 2 nitrogen and oxygen atoms in total. The Kier molecular flexibility index (Phi) is 4.31. The molecule has 1 atom stereocenters. The molecule has 2 aromatic carbocycles. The van der Waals surface area contributed by atoms with E-state index >= 15 is 0 Å². The Hall–Kier alpha value is -2.13. The third kappa shape index (κ3) is 3.31. The molecule has 3 rings (SSSR count). The molecule has 0 aliphatic heterocycles. The molecule has 0 aliphatic rings. The van der Waals surface area contributed by atoms with E-state index in [4.69, 9.17) is 0 Å². The van der Waals surface area contributed by atoms with Gasteiger partial charge in [0.05, 0.1) is 0 Å². The van der Waals surface area contributed by atoms with Gasteiger partial charge in [0, 0.05) is 23.5 Å². The molecule has 0 bridgehead atoms. The van der Waals surface area contributed by atoms with Crippen LogP contribution in [-0.2, 0) is 0 Å². The van der Waals surface area contributed by atoms with Crippen molar-refractivity contribution in [3.8, 4) is 0 Å². The molecule has 1 unspecified atom stereocenters. The first-order valence-corrected chi connectivity index (χ1v) is 7.98. The minimum Gasteiger partial charge on any atom is -0.358 e. The fourth-order valence-electron chi connectivity index (χ4n) is 2.66. The zero-order valence-corrected chi connectivity index (χ0v) is 12.8. The molecule has 0 fully saturated rings. The topological polar surface area (TPSA) is 24.9 Å². The van der Waals surface area contributed by atoms with Gasteiger partial charge in [0.1, 0.15) is 0 Å². The highest BCUT2D eigenvalue weighted by Gasteiger charge is 2.21. The van der Waals surface area contributed by atoms with Gasteiger partial charge in [-0.1, -0.05) is 60.7 Å². The molecule has 3 aromatic rings. The molecule has 1 N–H and O–H groups in total. The van der Waals surface area contributed by atoms with Gasteiger partial charge in [-0.25, -0.2) is 4.98 Å². The number of nitrogens with zero attached hydrogens (tertiary/aromatic N) is 1. The minimum absolute atomic E-state index is 0.265. The molecule has 0 amide bonds. The van der Waals surface area contributed by atoms with Gasteiger partial charge in [-0.3, -0.25) is 0 Å². The van der Waals surface area contributed by atoms with Gasteiger partial charge in [0.2, 0.25) is 0 Å². The molecule has 0 saturated heterocycles.